The molecule has 0 saturated heterocycles. The first-order valence-electron chi connectivity index (χ1n) is 5.29. The Labute approximate surface area is 104 Å². The van der Waals surface area contributed by atoms with Gasteiger partial charge >= 0.3 is 104 Å². The van der Waals surface area contributed by atoms with E-state index in [0.717, 1.165) is 6.29 Å². The Hall–Kier alpha value is -0.851. The van der Waals surface area contributed by atoms with E-state index in [1.807, 2.05) is 31.2 Å². The molecule has 1 nitrogen and oxygen atoms in total. The van der Waals surface area contributed by atoms with Crippen molar-refractivity contribution in [2.45, 2.75) is 25.1 Å². The molecule has 1 rings (SSSR count). The van der Waals surface area contributed by atoms with Crippen molar-refractivity contribution < 1.29 is 4.79 Å². The Kier molecular flexibility index (Phi) is 4.12. The van der Waals surface area contributed by atoms with Crippen molar-refractivity contribution in [3.05, 3.63) is 43.0 Å². The van der Waals surface area contributed by atoms with Crippen LogP contribution in [-0.4, -0.2) is 21.2 Å². The van der Waals surface area contributed by atoms with Gasteiger partial charge in [-0.05, 0) is 0 Å². The molecule has 0 saturated carbocycles. The minimum atomic E-state index is -0.344. The zero-order valence-corrected chi connectivity index (χ0v) is 11.8. The summed E-state index contributed by atoms with van der Waals surface area (Å²) in [5.74, 6) is 0. The minimum absolute atomic E-state index is 0.119. The van der Waals surface area contributed by atoms with E-state index in [1.54, 1.807) is 0 Å². The van der Waals surface area contributed by atoms with Gasteiger partial charge in [-0.1, -0.05) is 0 Å². The van der Waals surface area contributed by atoms with Gasteiger partial charge in [0, 0.05) is 0 Å². The van der Waals surface area contributed by atoms with E-state index in [2.05, 4.69) is 32.6 Å². The predicted molar refractivity (Wildman–Crippen MR) is 70.2 cm³/mol. The van der Waals surface area contributed by atoms with Gasteiger partial charge in [0.1, 0.15) is 0 Å². The monoisotopic (exact) mass is 282 g/mol. The van der Waals surface area contributed by atoms with Gasteiger partial charge in [0.15, 0.2) is 0 Å². The molecule has 0 aliphatic rings. The average molecular weight is 281 g/mol. The van der Waals surface area contributed by atoms with Gasteiger partial charge in [-0.2, -0.15) is 0 Å². The first-order chi connectivity index (χ1) is 7.45. The van der Waals surface area contributed by atoms with E-state index in [1.165, 1.54) is 4.46 Å². The maximum absolute atomic E-state index is 11.4. The van der Waals surface area contributed by atoms with Crippen LogP contribution in [0.15, 0.2) is 43.0 Å². The summed E-state index contributed by atoms with van der Waals surface area (Å²) in [7, 11) is 0. The number of hydrogen-bond acceptors (Lipinski definition) is 1. The molecule has 1 aromatic carbocycles. The summed E-state index contributed by atoms with van der Waals surface area (Å²) in [6, 6.07) is 10.2. The van der Waals surface area contributed by atoms with Crippen LogP contribution in [0.4, 0.5) is 0 Å². The maximum atomic E-state index is 11.4. The van der Waals surface area contributed by atoms with Crippen molar-refractivity contribution in [1.82, 2.24) is 0 Å². The van der Waals surface area contributed by atoms with E-state index < -0.39 is 0 Å². The standard InChI is InChI=1S/C14H18OSe/c1-5-13(2,3)14(4,11-15)16-12-9-7-6-8-10-12/h5-11H,1H2,2-4H3. The van der Waals surface area contributed by atoms with Crippen molar-refractivity contribution in [3.8, 4) is 0 Å². The molecule has 0 aliphatic carbocycles. The molecule has 1 atom stereocenters. The molecule has 0 spiro atoms. The summed E-state index contributed by atoms with van der Waals surface area (Å²) in [5.41, 5.74) is -0.176. The summed E-state index contributed by atoms with van der Waals surface area (Å²) >= 11 is 0.119. The van der Waals surface area contributed by atoms with Crippen LogP contribution in [0.3, 0.4) is 0 Å². The summed E-state index contributed by atoms with van der Waals surface area (Å²) in [6.45, 7) is 10.00. The molecular formula is C14H18OSe. The van der Waals surface area contributed by atoms with Crippen LogP contribution >= 0.6 is 0 Å². The summed E-state index contributed by atoms with van der Waals surface area (Å²) < 4.78 is 0.905. The van der Waals surface area contributed by atoms with Crippen LogP contribution in [0.1, 0.15) is 20.8 Å². The second kappa shape index (κ2) is 4.99. The quantitative estimate of drug-likeness (QED) is 0.460. The molecular weight excluding hydrogens is 263 g/mol. The number of aldehydes is 1. The van der Waals surface area contributed by atoms with Crippen LogP contribution in [0, 0.1) is 5.41 Å². The van der Waals surface area contributed by atoms with Gasteiger partial charge in [0.25, 0.3) is 0 Å². The fourth-order valence-electron chi connectivity index (χ4n) is 1.24. The number of hydrogen-bond donors (Lipinski definition) is 0. The fraction of sp³-hybridized carbons (Fsp3) is 0.357. The van der Waals surface area contributed by atoms with E-state index in [9.17, 15) is 4.79 Å². The molecule has 0 N–H and O–H groups in total. The Balaban J connectivity index is 2.99. The van der Waals surface area contributed by atoms with E-state index in [-0.39, 0.29) is 24.7 Å². The normalized spacial score (nSPS) is 15.2. The predicted octanol–water partition coefficient (Wildman–Crippen LogP) is 2.61. The number of carbonyl (C=O) groups is 1. The van der Waals surface area contributed by atoms with Crippen molar-refractivity contribution >= 4 is 25.7 Å². The molecule has 0 heterocycles. The molecule has 16 heavy (non-hydrogen) atoms. The van der Waals surface area contributed by atoms with Crippen LogP contribution in [0.2, 0.25) is 4.31 Å². The Morgan fingerprint density at radius 3 is 2.19 bits per heavy atom. The van der Waals surface area contributed by atoms with Gasteiger partial charge in [0.05, 0.1) is 0 Å². The molecule has 0 fully saturated rings. The van der Waals surface area contributed by atoms with E-state index >= 15 is 0 Å². The number of benzene rings is 1. The van der Waals surface area contributed by atoms with Crippen molar-refractivity contribution in [3.63, 3.8) is 0 Å². The summed E-state index contributed by atoms with van der Waals surface area (Å²) in [4.78, 5) is 11.4. The summed E-state index contributed by atoms with van der Waals surface area (Å²) in [6.07, 6.45) is 2.97. The zero-order valence-electron chi connectivity index (χ0n) is 10.1. The third-order valence-corrected chi connectivity index (χ3v) is 6.35. The van der Waals surface area contributed by atoms with Crippen molar-refractivity contribution in [2.75, 3.05) is 0 Å². The van der Waals surface area contributed by atoms with E-state index in [0.29, 0.717) is 0 Å². The van der Waals surface area contributed by atoms with Gasteiger partial charge in [-0.15, -0.1) is 0 Å². The molecule has 0 radical (unpaired) electrons. The molecule has 2 heteroatoms. The Morgan fingerprint density at radius 1 is 1.19 bits per heavy atom. The second-order valence-electron chi connectivity index (χ2n) is 4.57. The van der Waals surface area contributed by atoms with Gasteiger partial charge in [-0.3, -0.25) is 0 Å². The molecule has 1 aromatic rings. The van der Waals surface area contributed by atoms with Crippen LogP contribution in [0.25, 0.3) is 0 Å². The third-order valence-electron chi connectivity index (χ3n) is 3.09. The molecule has 0 amide bonds. The van der Waals surface area contributed by atoms with Crippen LogP contribution in [-0.2, 0) is 4.79 Å². The zero-order chi connectivity index (χ0) is 12.2. The molecule has 0 aromatic heterocycles. The van der Waals surface area contributed by atoms with Gasteiger partial charge < -0.3 is 0 Å². The molecule has 0 aliphatic heterocycles. The first kappa shape index (κ1) is 13.2. The number of carbonyl (C=O) groups excluding carboxylic acids is 1. The summed E-state index contributed by atoms with van der Waals surface area (Å²) in [5, 5.41) is 0. The van der Waals surface area contributed by atoms with Gasteiger partial charge in [-0.25, -0.2) is 0 Å². The SMILES string of the molecule is C=CC(C)(C)C(C)(C=O)[Se]c1ccccc1. The Bertz CT molecular complexity index is 370. The molecule has 0 bridgehead atoms. The first-order valence-corrected chi connectivity index (χ1v) is 7.00. The van der Waals surface area contributed by atoms with Crippen molar-refractivity contribution in [2.24, 2.45) is 5.41 Å². The molecule has 86 valence electrons. The van der Waals surface area contributed by atoms with E-state index in [4.69, 9.17) is 0 Å². The number of rotatable bonds is 5. The topological polar surface area (TPSA) is 17.1 Å². The average Bonchev–Trinajstić information content (AvgIpc) is 2.30. The number of allylic oxidation sites excluding steroid dienone is 1. The Morgan fingerprint density at radius 2 is 1.75 bits per heavy atom. The third kappa shape index (κ3) is 2.63. The van der Waals surface area contributed by atoms with Crippen LogP contribution in [0.5, 0.6) is 0 Å². The van der Waals surface area contributed by atoms with Crippen LogP contribution < -0.4 is 4.46 Å². The fourth-order valence-corrected chi connectivity index (χ4v) is 3.71. The van der Waals surface area contributed by atoms with Gasteiger partial charge in [0.2, 0.25) is 0 Å². The molecule has 1 unspecified atom stereocenters. The van der Waals surface area contributed by atoms with Crippen molar-refractivity contribution in [1.29, 1.82) is 0 Å². The second-order valence-corrected chi connectivity index (χ2v) is 7.76.